The van der Waals surface area contributed by atoms with Gasteiger partial charge in [0.1, 0.15) is 5.82 Å². The van der Waals surface area contributed by atoms with E-state index in [4.69, 9.17) is 0 Å². The quantitative estimate of drug-likeness (QED) is 0.589. The molecule has 0 radical (unpaired) electrons. The summed E-state index contributed by atoms with van der Waals surface area (Å²) >= 11 is 0. The Morgan fingerprint density at radius 2 is 2.04 bits per heavy atom. The second-order valence-electron chi connectivity index (χ2n) is 6.33. The Hall–Kier alpha value is -2.48. The monoisotopic (exact) mass is 303 g/mol. The summed E-state index contributed by atoms with van der Waals surface area (Å²) in [6.07, 6.45) is 5.56. The van der Waals surface area contributed by atoms with Crippen LogP contribution in [-0.2, 0) is 0 Å². The van der Waals surface area contributed by atoms with Crippen molar-refractivity contribution in [3.8, 4) is 11.1 Å². The molecule has 0 bridgehead atoms. The van der Waals surface area contributed by atoms with Crippen molar-refractivity contribution in [2.75, 3.05) is 0 Å². The van der Waals surface area contributed by atoms with Gasteiger partial charge < -0.3 is 0 Å². The molecule has 0 saturated heterocycles. The van der Waals surface area contributed by atoms with Crippen LogP contribution < -0.4 is 0 Å². The Bertz CT molecular complexity index is 923. The van der Waals surface area contributed by atoms with Gasteiger partial charge in [0.25, 0.3) is 0 Å². The predicted octanol–water partition coefficient (Wildman–Crippen LogP) is 5.87. The maximum atomic E-state index is 14.6. The first-order valence-electron chi connectivity index (χ1n) is 7.99. The minimum atomic E-state index is -0.115. The second kappa shape index (κ2) is 5.31. The van der Waals surface area contributed by atoms with E-state index in [-0.39, 0.29) is 5.82 Å². The number of nitrogens with zero attached hydrogens (tertiary/aromatic N) is 1. The maximum Gasteiger partial charge on any atom is 0.133 e. The number of fused-ring (bicyclic) bond motifs is 1. The highest BCUT2D eigenvalue weighted by Crippen LogP contribution is 2.44. The molecule has 0 N–H and O–H groups in total. The molecule has 23 heavy (non-hydrogen) atoms. The van der Waals surface area contributed by atoms with Crippen LogP contribution in [-0.4, -0.2) is 4.98 Å². The summed E-state index contributed by atoms with van der Waals surface area (Å²) in [6.45, 7) is 5.85. The molecule has 2 aromatic carbocycles. The van der Waals surface area contributed by atoms with Gasteiger partial charge in [-0.2, -0.15) is 0 Å². The summed E-state index contributed by atoms with van der Waals surface area (Å²) in [4.78, 5) is 4.55. The summed E-state index contributed by atoms with van der Waals surface area (Å²) in [5.41, 5.74) is 5.62. The molecular formula is C21H18FN. The SMILES string of the molecule is C=Cc1cc(-c2cc(C)cc3cccnc23)cc(C2CC2)c1F. The van der Waals surface area contributed by atoms with Crippen molar-refractivity contribution in [3.63, 3.8) is 0 Å². The minimum Gasteiger partial charge on any atom is -0.256 e. The van der Waals surface area contributed by atoms with Gasteiger partial charge in [-0.05, 0) is 72.7 Å². The van der Waals surface area contributed by atoms with Gasteiger partial charge in [0.15, 0.2) is 0 Å². The number of hydrogen-bond donors (Lipinski definition) is 0. The molecule has 3 aromatic rings. The van der Waals surface area contributed by atoms with Gasteiger partial charge in [-0.15, -0.1) is 0 Å². The van der Waals surface area contributed by atoms with Gasteiger partial charge >= 0.3 is 0 Å². The fourth-order valence-electron chi connectivity index (χ4n) is 3.23. The molecule has 0 amide bonds. The van der Waals surface area contributed by atoms with Crippen LogP contribution in [0.25, 0.3) is 28.1 Å². The van der Waals surface area contributed by atoms with E-state index >= 15 is 0 Å². The van der Waals surface area contributed by atoms with E-state index in [0.29, 0.717) is 11.5 Å². The lowest BCUT2D eigenvalue weighted by Gasteiger charge is -2.12. The Labute approximate surface area is 135 Å². The zero-order valence-electron chi connectivity index (χ0n) is 13.1. The molecule has 4 rings (SSSR count). The Morgan fingerprint density at radius 1 is 1.22 bits per heavy atom. The number of aryl methyl sites for hydroxylation is 1. The molecule has 1 aromatic heterocycles. The maximum absolute atomic E-state index is 14.6. The van der Waals surface area contributed by atoms with E-state index in [1.165, 1.54) is 5.56 Å². The highest BCUT2D eigenvalue weighted by atomic mass is 19.1. The number of hydrogen-bond acceptors (Lipinski definition) is 1. The van der Waals surface area contributed by atoms with Crippen molar-refractivity contribution >= 4 is 17.0 Å². The zero-order valence-corrected chi connectivity index (χ0v) is 13.1. The van der Waals surface area contributed by atoms with Crippen LogP contribution in [0.5, 0.6) is 0 Å². The topological polar surface area (TPSA) is 12.9 Å². The van der Waals surface area contributed by atoms with E-state index in [0.717, 1.165) is 40.4 Å². The number of pyridine rings is 1. The first kappa shape index (κ1) is 14.1. The lowest BCUT2D eigenvalue weighted by molar-refractivity contribution is 0.608. The highest BCUT2D eigenvalue weighted by molar-refractivity contribution is 5.94. The lowest BCUT2D eigenvalue weighted by Crippen LogP contribution is -1.95. The van der Waals surface area contributed by atoms with E-state index < -0.39 is 0 Å². The summed E-state index contributed by atoms with van der Waals surface area (Å²) in [5, 5.41) is 1.11. The molecule has 2 heteroatoms. The smallest absolute Gasteiger partial charge is 0.133 e. The van der Waals surface area contributed by atoms with Crippen molar-refractivity contribution in [2.24, 2.45) is 0 Å². The molecule has 0 unspecified atom stereocenters. The zero-order chi connectivity index (χ0) is 16.0. The third-order valence-electron chi connectivity index (χ3n) is 4.53. The van der Waals surface area contributed by atoms with E-state index in [2.05, 4.69) is 36.7 Å². The van der Waals surface area contributed by atoms with Crippen LogP contribution in [0.4, 0.5) is 4.39 Å². The fourth-order valence-corrected chi connectivity index (χ4v) is 3.23. The van der Waals surface area contributed by atoms with Crippen LogP contribution in [0, 0.1) is 12.7 Å². The summed E-state index contributed by atoms with van der Waals surface area (Å²) in [6, 6.07) is 12.2. The number of halogens is 1. The second-order valence-corrected chi connectivity index (χ2v) is 6.33. The van der Waals surface area contributed by atoms with Crippen molar-refractivity contribution in [1.29, 1.82) is 0 Å². The minimum absolute atomic E-state index is 0.115. The van der Waals surface area contributed by atoms with Gasteiger partial charge in [-0.1, -0.05) is 18.7 Å². The predicted molar refractivity (Wildman–Crippen MR) is 93.9 cm³/mol. The molecule has 0 spiro atoms. The normalized spacial score (nSPS) is 14.2. The summed E-state index contributed by atoms with van der Waals surface area (Å²) < 4.78 is 14.6. The van der Waals surface area contributed by atoms with Crippen LogP contribution in [0.15, 0.2) is 49.2 Å². The van der Waals surface area contributed by atoms with E-state index in [1.807, 2.05) is 18.2 Å². The molecule has 1 fully saturated rings. The summed E-state index contributed by atoms with van der Waals surface area (Å²) in [7, 11) is 0. The largest absolute Gasteiger partial charge is 0.256 e. The molecule has 1 saturated carbocycles. The van der Waals surface area contributed by atoms with Crippen molar-refractivity contribution in [3.05, 3.63) is 71.7 Å². The summed E-state index contributed by atoms with van der Waals surface area (Å²) in [5.74, 6) is 0.244. The van der Waals surface area contributed by atoms with Crippen molar-refractivity contribution in [2.45, 2.75) is 25.7 Å². The fraction of sp³-hybridized carbons (Fsp3) is 0.190. The molecule has 0 aliphatic heterocycles. The number of benzene rings is 2. The Morgan fingerprint density at radius 3 is 2.78 bits per heavy atom. The van der Waals surface area contributed by atoms with Crippen LogP contribution in [0.2, 0.25) is 0 Å². The van der Waals surface area contributed by atoms with Gasteiger partial charge in [0, 0.05) is 22.7 Å². The van der Waals surface area contributed by atoms with Crippen LogP contribution in [0.3, 0.4) is 0 Å². The third-order valence-corrected chi connectivity index (χ3v) is 4.53. The average Bonchev–Trinajstić information content (AvgIpc) is 3.39. The molecule has 114 valence electrons. The van der Waals surface area contributed by atoms with Crippen LogP contribution >= 0.6 is 0 Å². The standard InChI is InChI=1S/C21H18FN/c1-3-14-11-17(12-18(20(14)22)15-6-7-15)19-10-13(2)9-16-5-4-8-23-21(16)19/h3-5,8-12,15H,1,6-7H2,2H3. The van der Waals surface area contributed by atoms with Crippen molar-refractivity contribution < 1.29 is 4.39 Å². The lowest BCUT2D eigenvalue weighted by atomic mass is 9.94. The van der Waals surface area contributed by atoms with E-state index in [9.17, 15) is 4.39 Å². The number of aromatic nitrogens is 1. The van der Waals surface area contributed by atoms with Gasteiger partial charge in [0.05, 0.1) is 5.52 Å². The van der Waals surface area contributed by atoms with Gasteiger partial charge in [-0.3, -0.25) is 4.98 Å². The van der Waals surface area contributed by atoms with Crippen molar-refractivity contribution in [1.82, 2.24) is 4.98 Å². The molecule has 1 aliphatic rings. The number of rotatable bonds is 3. The van der Waals surface area contributed by atoms with E-state index in [1.54, 1.807) is 12.3 Å². The third kappa shape index (κ3) is 2.44. The Balaban J connectivity index is 2.01. The average molecular weight is 303 g/mol. The molecule has 1 heterocycles. The first-order chi connectivity index (χ1) is 11.2. The molecular weight excluding hydrogens is 285 g/mol. The first-order valence-corrected chi connectivity index (χ1v) is 7.99. The highest BCUT2D eigenvalue weighted by Gasteiger charge is 2.28. The van der Waals surface area contributed by atoms with Gasteiger partial charge in [-0.25, -0.2) is 4.39 Å². The Kier molecular flexibility index (Phi) is 3.26. The molecule has 1 nitrogen and oxygen atoms in total. The molecule has 1 aliphatic carbocycles. The molecule has 0 atom stereocenters. The van der Waals surface area contributed by atoms with Gasteiger partial charge in [0.2, 0.25) is 0 Å². The van der Waals surface area contributed by atoms with Crippen LogP contribution in [0.1, 0.15) is 35.4 Å².